The van der Waals surface area contributed by atoms with Crippen LogP contribution in [0.3, 0.4) is 0 Å². The van der Waals surface area contributed by atoms with Gasteiger partial charge in [0.15, 0.2) is 11.6 Å². The molecule has 5 rings (SSSR count). The Kier molecular flexibility index (Phi) is 5.78. The van der Waals surface area contributed by atoms with E-state index in [2.05, 4.69) is 45.7 Å². The van der Waals surface area contributed by atoms with Gasteiger partial charge in [0, 0.05) is 45.7 Å². The maximum absolute atomic E-state index is 12.2. The maximum Gasteiger partial charge on any atom is 0.162 e. The zero-order chi connectivity index (χ0) is 23.4. The first-order valence-corrected chi connectivity index (χ1v) is 13.1. The molecule has 0 aromatic heterocycles. The van der Waals surface area contributed by atoms with E-state index < -0.39 is 5.60 Å². The van der Waals surface area contributed by atoms with Gasteiger partial charge in [0.25, 0.3) is 0 Å². The zero-order valence-electron chi connectivity index (χ0n) is 19.4. The predicted molar refractivity (Wildman–Crippen MR) is 133 cm³/mol. The molecule has 2 saturated carbocycles. The van der Waals surface area contributed by atoms with Crippen LogP contribution < -0.4 is 0 Å². The molecular formula is C29H31BrO3. The molecule has 0 bridgehead atoms. The number of fused-ring (bicyclic) bond motifs is 4. The van der Waals surface area contributed by atoms with E-state index in [0.29, 0.717) is 31.1 Å². The summed E-state index contributed by atoms with van der Waals surface area (Å²) in [5.74, 6) is 4.48. The average Bonchev–Trinajstić information content (AvgIpc) is 3.08. The van der Waals surface area contributed by atoms with Crippen LogP contribution in [-0.4, -0.2) is 22.3 Å². The standard InChI is InChI=1S/C29H31BrO3/c1-3-26(32)19-6-4-18(5-7-19)24-17-28(2)25(12-13-29(28,33)14-15-30)23-10-8-20-16-21(31)9-11-22(20)27(23)24/h4-7,16,23-25,33H,3,8-13,17H2,1-2H3/t23-,24+,25-,28-,29+/m0/s1. The van der Waals surface area contributed by atoms with E-state index in [-0.39, 0.29) is 22.9 Å². The number of Topliss-reactive ketones (excluding diaryl/α,β-unsaturated/α-hetero) is 1. The first-order chi connectivity index (χ1) is 15.8. The van der Waals surface area contributed by atoms with Gasteiger partial charge in [0.2, 0.25) is 0 Å². The molecule has 33 heavy (non-hydrogen) atoms. The minimum atomic E-state index is -1.01. The molecule has 0 amide bonds. The van der Waals surface area contributed by atoms with Gasteiger partial charge >= 0.3 is 0 Å². The number of benzene rings is 1. The smallest absolute Gasteiger partial charge is 0.162 e. The summed E-state index contributed by atoms with van der Waals surface area (Å²) in [5.41, 5.74) is 4.77. The Bertz CT molecular complexity index is 1130. The molecule has 0 radical (unpaired) electrons. The monoisotopic (exact) mass is 506 g/mol. The lowest BCUT2D eigenvalue weighted by molar-refractivity contribution is -0.114. The number of carbonyl (C=O) groups excluding carboxylic acids is 2. The Morgan fingerprint density at radius 3 is 2.64 bits per heavy atom. The van der Waals surface area contributed by atoms with Crippen molar-refractivity contribution in [3.8, 4) is 10.8 Å². The molecule has 0 spiro atoms. The van der Waals surface area contributed by atoms with Crippen molar-refractivity contribution >= 4 is 27.5 Å². The molecule has 1 aromatic carbocycles. The molecule has 4 heteroatoms. The summed E-state index contributed by atoms with van der Waals surface area (Å²) >= 11 is 3.24. The molecule has 4 aliphatic rings. The van der Waals surface area contributed by atoms with Crippen LogP contribution in [0.4, 0.5) is 0 Å². The highest BCUT2D eigenvalue weighted by Gasteiger charge is 2.62. The molecule has 0 unspecified atom stereocenters. The van der Waals surface area contributed by atoms with Gasteiger partial charge in [-0.25, -0.2) is 0 Å². The van der Waals surface area contributed by atoms with Gasteiger partial charge in [0.05, 0.1) is 0 Å². The fourth-order valence-electron chi connectivity index (χ4n) is 7.35. The summed E-state index contributed by atoms with van der Waals surface area (Å²) in [4.78, 5) is 27.2. The highest BCUT2D eigenvalue weighted by molar-refractivity contribution is 9.12. The van der Waals surface area contributed by atoms with Crippen molar-refractivity contribution in [1.29, 1.82) is 0 Å². The van der Waals surface area contributed by atoms with Crippen molar-refractivity contribution in [3.05, 3.63) is 58.2 Å². The van der Waals surface area contributed by atoms with Crippen LogP contribution in [-0.2, 0) is 4.79 Å². The lowest BCUT2D eigenvalue weighted by Crippen LogP contribution is -2.51. The second-order valence-electron chi connectivity index (χ2n) is 10.5. The van der Waals surface area contributed by atoms with Crippen molar-refractivity contribution in [1.82, 2.24) is 0 Å². The number of aliphatic hydroxyl groups is 1. The highest BCUT2D eigenvalue weighted by Crippen LogP contribution is 2.66. The summed E-state index contributed by atoms with van der Waals surface area (Å²) in [6, 6.07) is 8.13. The minimum absolute atomic E-state index is 0.156. The Morgan fingerprint density at radius 2 is 1.94 bits per heavy atom. The lowest BCUT2D eigenvalue weighted by atomic mass is 9.51. The Labute approximate surface area is 204 Å². The molecular weight excluding hydrogens is 476 g/mol. The van der Waals surface area contributed by atoms with Crippen LogP contribution >= 0.6 is 15.9 Å². The molecule has 0 aliphatic heterocycles. The predicted octanol–water partition coefficient (Wildman–Crippen LogP) is 6.27. The van der Waals surface area contributed by atoms with Crippen molar-refractivity contribution in [2.75, 3.05) is 0 Å². The Hall–Kier alpha value is -1.96. The van der Waals surface area contributed by atoms with Gasteiger partial charge in [-0.2, -0.15) is 0 Å². The van der Waals surface area contributed by atoms with E-state index in [4.69, 9.17) is 0 Å². The maximum atomic E-state index is 12.2. The van der Waals surface area contributed by atoms with Crippen molar-refractivity contribution in [2.45, 2.75) is 76.7 Å². The van der Waals surface area contributed by atoms with Crippen LogP contribution in [0.2, 0.25) is 0 Å². The lowest BCUT2D eigenvalue weighted by Gasteiger charge is -2.53. The second kappa shape index (κ2) is 8.36. The molecule has 172 valence electrons. The molecule has 0 heterocycles. The number of allylic oxidation sites excluding steroid dienone is 4. The summed E-state index contributed by atoms with van der Waals surface area (Å²) in [7, 11) is 0. The molecule has 2 fully saturated rings. The number of carbonyl (C=O) groups is 2. The van der Waals surface area contributed by atoms with Gasteiger partial charge in [-0.05, 0) is 78.0 Å². The van der Waals surface area contributed by atoms with E-state index in [9.17, 15) is 14.7 Å². The van der Waals surface area contributed by atoms with Crippen molar-refractivity contribution in [3.63, 3.8) is 0 Å². The number of ketones is 2. The van der Waals surface area contributed by atoms with Gasteiger partial charge in [0.1, 0.15) is 5.60 Å². The summed E-state index contributed by atoms with van der Waals surface area (Å²) in [6.07, 6.45) is 8.28. The van der Waals surface area contributed by atoms with Gasteiger partial charge in [-0.15, -0.1) is 0 Å². The molecule has 1 aromatic rings. The third-order valence-electron chi connectivity index (χ3n) is 9.10. The highest BCUT2D eigenvalue weighted by atomic mass is 79.9. The van der Waals surface area contributed by atoms with E-state index in [1.54, 1.807) is 0 Å². The topological polar surface area (TPSA) is 54.4 Å². The molecule has 5 atom stereocenters. The fraction of sp³-hybridized carbons (Fsp3) is 0.517. The first kappa shape index (κ1) is 22.8. The van der Waals surface area contributed by atoms with Crippen LogP contribution in [0.1, 0.15) is 87.1 Å². The SMILES string of the molecule is CCC(=O)c1ccc([C@H]2C[C@@]3(C)[C@@H](CC[C@@]3(O)C#CBr)[C@@H]3CCC4=CC(=O)CCC4=C32)cc1. The Balaban J connectivity index is 1.66. The summed E-state index contributed by atoms with van der Waals surface area (Å²) < 4.78 is 0. The number of hydrogen-bond donors (Lipinski definition) is 1. The third-order valence-corrected chi connectivity index (χ3v) is 9.29. The Morgan fingerprint density at radius 1 is 1.18 bits per heavy atom. The van der Waals surface area contributed by atoms with Gasteiger partial charge < -0.3 is 5.11 Å². The fourth-order valence-corrected chi connectivity index (χ4v) is 7.68. The zero-order valence-corrected chi connectivity index (χ0v) is 21.0. The van der Waals surface area contributed by atoms with E-state index in [0.717, 1.165) is 37.7 Å². The van der Waals surface area contributed by atoms with Crippen molar-refractivity contribution < 1.29 is 14.7 Å². The average molecular weight is 507 g/mol. The van der Waals surface area contributed by atoms with Gasteiger partial charge in [-0.3, -0.25) is 9.59 Å². The normalized spacial score (nSPS) is 35.1. The van der Waals surface area contributed by atoms with Crippen LogP contribution in [0, 0.1) is 28.0 Å². The van der Waals surface area contributed by atoms with E-state index >= 15 is 0 Å². The van der Waals surface area contributed by atoms with Crippen molar-refractivity contribution in [2.24, 2.45) is 17.3 Å². The third kappa shape index (κ3) is 3.51. The van der Waals surface area contributed by atoms with Crippen LogP contribution in [0.5, 0.6) is 0 Å². The quantitative estimate of drug-likeness (QED) is 0.388. The second-order valence-corrected chi connectivity index (χ2v) is 10.9. The molecule has 4 aliphatic carbocycles. The summed E-state index contributed by atoms with van der Waals surface area (Å²) in [6.45, 7) is 4.13. The number of halogens is 1. The number of hydrogen-bond acceptors (Lipinski definition) is 3. The molecule has 0 saturated heterocycles. The number of rotatable bonds is 3. The molecule has 3 nitrogen and oxygen atoms in total. The summed E-state index contributed by atoms with van der Waals surface area (Å²) in [5, 5.41) is 11.7. The first-order valence-electron chi connectivity index (χ1n) is 12.3. The molecule has 1 N–H and O–H groups in total. The van der Waals surface area contributed by atoms with Crippen LogP contribution in [0.15, 0.2) is 47.1 Å². The largest absolute Gasteiger partial charge is 0.377 e. The van der Waals surface area contributed by atoms with Gasteiger partial charge in [-0.1, -0.05) is 49.6 Å². The minimum Gasteiger partial charge on any atom is -0.377 e. The van der Waals surface area contributed by atoms with E-state index in [1.165, 1.54) is 22.3 Å². The van der Waals surface area contributed by atoms with Crippen LogP contribution in [0.25, 0.3) is 0 Å². The van der Waals surface area contributed by atoms with E-state index in [1.807, 2.05) is 25.1 Å².